The third-order valence-corrected chi connectivity index (χ3v) is 3.03. The first kappa shape index (κ1) is 14.5. The molecule has 4 heteroatoms. The molecule has 0 aliphatic rings. The summed E-state index contributed by atoms with van der Waals surface area (Å²) in [6.07, 6.45) is -0.0782. The van der Waals surface area contributed by atoms with Crippen LogP contribution in [0.4, 0.5) is 0 Å². The predicted molar refractivity (Wildman–Crippen MR) is 85.5 cm³/mol. The van der Waals surface area contributed by atoms with Gasteiger partial charge in [-0.25, -0.2) is 0 Å². The van der Waals surface area contributed by atoms with Crippen molar-refractivity contribution in [2.45, 2.75) is 6.10 Å². The first-order valence-electron chi connectivity index (χ1n) is 6.52. The largest absolute Gasteiger partial charge is 0.376 e. The van der Waals surface area contributed by atoms with Gasteiger partial charge in [0.15, 0.2) is 5.11 Å². The summed E-state index contributed by atoms with van der Waals surface area (Å²) in [6.45, 7) is 1.14. The zero-order valence-electron chi connectivity index (χ0n) is 11.2. The summed E-state index contributed by atoms with van der Waals surface area (Å²) in [5.74, 6) is 0. The summed E-state index contributed by atoms with van der Waals surface area (Å²) in [7, 11) is 0. The molecule has 2 rings (SSSR count). The molecule has 0 fully saturated rings. The van der Waals surface area contributed by atoms with E-state index in [1.807, 2.05) is 36.4 Å². The molecule has 0 bridgehead atoms. The van der Waals surface area contributed by atoms with Gasteiger partial charge in [-0.15, -0.1) is 0 Å². The zero-order valence-corrected chi connectivity index (χ0v) is 12.0. The number of hydrogen-bond donors (Lipinski definition) is 2. The van der Waals surface area contributed by atoms with E-state index >= 15 is 0 Å². The van der Waals surface area contributed by atoms with Crippen LogP contribution in [0, 0.1) is 0 Å². The maximum atomic E-state index is 5.99. The van der Waals surface area contributed by atoms with Crippen molar-refractivity contribution in [3.05, 3.63) is 71.8 Å². The van der Waals surface area contributed by atoms with Crippen molar-refractivity contribution >= 4 is 17.3 Å². The van der Waals surface area contributed by atoms with Gasteiger partial charge >= 0.3 is 0 Å². The summed E-state index contributed by atoms with van der Waals surface area (Å²) in [5, 5.41) is 3.18. The zero-order chi connectivity index (χ0) is 14.2. The minimum atomic E-state index is -0.0782. The molecule has 0 unspecified atom stereocenters. The predicted octanol–water partition coefficient (Wildman–Crippen LogP) is 2.63. The highest BCUT2D eigenvalue weighted by molar-refractivity contribution is 7.80. The van der Waals surface area contributed by atoms with Gasteiger partial charge in [-0.2, -0.15) is 0 Å². The van der Waals surface area contributed by atoms with Gasteiger partial charge in [-0.05, 0) is 23.3 Å². The second-order valence-corrected chi connectivity index (χ2v) is 4.80. The lowest BCUT2D eigenvalue weighted by Gasteiger charge is -2.19. The number of thiocarbonyl (C=S) groups is 1. The van der Waals surface area contributed by atoms with E-state index in [9.17, 15) is 0 Å². The SMILES string of the molecule is NC(=S)NCCOC(c1ccccc1)c1ccccc1. The smallest absolute Gasteiger partial charge is 0.163 e. The molecule has 0 aromatic heterocycles. The molecule has 0 atom stereocenters. The molecule has 0 saturated carbocycles. The summed E-state index contributed by atoms with van der Waals surface area (Å²) in [4.78, 5) is 0. The lowest BCUT2D eigenvalue weighted by Crippen LogP contribution is -2.32. The Kier molecular flexibility index (Phi) is 5.53. The lowest BCUT2D eigenvalue weighted by molar-refractivity contribution is 0.0844. The van der Waals surface area contributed by atoms with Crippen LogP contribution >= 0.6 is 12.2 Å². The van der Waals surface area contributed by atoms with E-state index in [0.29, 0.717) is 18.3 Å². The second-order valence-electron chi connectivity index (χ2n) is 4.36. The maximum Gasteiger partial charge on any atom is 0.163 e. The van der Waals surface area contributed by atoms with E-state index < -0.39 is 0 Å². The van der Waals surface area contributed by atoms with Crippen LogP contribution in [-0.2, 0) is 4.74 Å². The highest BCUT2D eigenvalue weighted by Gasteiger charge is 2.13. The van der Waals surface area contributed by atoms with E-state index in [-0.39, 0.29) is 6.10 Å². The fourth-order valence-corrected chi connectivity index (χ4v) is 2.09. The van der Waals surface area contributed by atoms with Gasteiger partial charge in [0.1, 0.15) is 6.10 Å². The Bertz CT molecular complexity index is 491. The molecule has 0 aliphatic carbocycles. The first-order valence-corrected chi connectivity index (χ1v) is 6.93. The molecule has 104 valence electrons. The van der Waals surface area contributed by atoms with Crippen molar-refractivity contribution in [2.75, 3.05) is 13.2 Å². The van der Waals surface area contributed by atoms with Crippen molar-refractivity contribution in [2.24, 2.45) is 5.73 Å². The summed E-state index contributed by atoms with van der Waals surface area (Å²) in [6, 6.07) is 20.3. The minimum absolute atomic E-state index is 0.0782. The van der Waals surface area contributed by atoms with E-state index in [2.05, 4.69) is 29.6 Å². The topological polar surface area (TPSA) is 47.3 Å². The van der Waals surface area contributed by atoms with Crippen LogP contribution in [0.1, 0.15) is 17.2 Å². The Morgan fingerprint density at radius 2 is 1.50 bits per heavy atom. The highest BCUT2D eigenvalue weighted by atomic mass is 32.1. The average molecular weight is 286 g/mol. The molecule has 0 spiro atoms. The van der Waals surface area contributed by atoms with E-state index in [1.54, 1.807) is 0 Å². The van der Waals surface area contributed by atoms with Crippen LogP contribution in [0.3, 0.4) is 0 Å². The molecule has 0 radical (unpaired) electrons. The minimum Gasteiger partial charge on any atom is -0.376 e. The third-order valence-electron chi connectivity index (χ3n) is 2.89. The molecule has 0 heterocycles. The van der Waals surface area contributed by atoms with Gasteiger partial charge in [0, 0.05) is 6.54 Å². The molecule has 0 aliphatic heterocycles. The normalized spacial score (nSPS) is 10.4. The van der Waals surface area contributed by atoms with Gasteiger partial charge in [0.25, 0.3) is 0 Å². The fourth-order valence-electron chi connectivity index (χ4n) is 1.99. The van der Waals surface area contributed by atoms with Crippen molar-refractivity contribution in [1.29, 1.82) is 0 Å². The number of rotatable bonds is 6. The van der Waals surface area contributed by atoms with E-state index in [0.717, 1.165) is 11.1 Å². The Morgan fingerprint density at radius 1 is 1.00 bits per heavy atom. The van der Waals surface area contributed by atoms with Gasteiger partial charge in [0.05, 0.1) is 6.61 Å². The molecule has 0 saturated heterocycles. The standard InChI is InChI=1S/C16H18N2OS/c17-16(20)18-11-12-19-15(13-7-3-1-4-8-13)14-9-5-2-6-10-14/h1-10,15H,11-12H2,(H3,17,18,20). The van der Waals surface area contributed by atoms with E-state index in [4.69, 9.17) is 22.7 Å². The van der Waals surface area contributed by atoms with Gasteiger partial charge < -0.3 is 15.8 Å². The lowest BCUT2D eigenvalue weighted by atomic mass is 10.0. The van der Waals surface area contributed by atoms with Crippen LogP contribution in [0.25, 0.3) is 0 Å². The van der Waals surface area contributed by atoms with Gasteiger partial charge in [-0.1, -0.05) is 60.7 Å². The molecule has 3 N–H and O–H groups in total. The van der Waals surface area contributed by atoms with Gasteiger partial charge in [0.2, 0.25) is 0 Å². The number of hydrogen-bond acceptors (Lipinski definition) is 2. The van der Waals surface area contributed by atoms with Crippen molar-refractivity contribution in [1.82, 2.24) is 5.32 Å². The Hall–Kier alpha value is -1.91. The van der Waals surface area contributed by atoms with Crippen LogP contribution in [0.15, 0.2) is 60.7 Å². The quantitative estimate of drug-likeness (QED) is 0.633. The highest BCUT2D eigenvalue weighted by Crippen LogP contribution is 2.25. The second kappa shape index (κ2) is 7.62. The summed E-state index contributed by atoms with van der Waals surface area (Å²) in [5.41, 5.74) is 7.66. The molecule has 20 heavy (non-hydrogen) atoms. The van der Waals surface area contributed by atoms with Gasteiger partial charge in [-0.3, -0.25) is 0 Å². The Morgan fingerprint density at radius 3 is 1.95 bits per heavy atom. The van der Waals surface area contributed by atoms with Crippen molar-refractivity contribution < 1.29 is 4.74 Å². The molecular formula is C16H18N2OS. The summed E-state index contributed by atoms with van der Waals surface area (Å²) >= 11 is 4.77. The maximum absolute atomic E-state index is 5.99. The fraction of sp³-hybridized carbons (Fsp3) is 0.188. The number of nitrogens with one attached hydrogen (secondary N) is 1. The number of ether oxygens (including phenoxy) is 1. The first-order chi connectivity index (χ1) is 9.77. The molecule has 2 aromatic rings. The van der Waals surface area contributed by atoms with Crippen LogP contribution in [0.2, 0.25) is 0 Å². The van der Waals surface area contributed by atoms with Crippen LogP contribution in [-0.4, -0.2) is 18.3 Å². The third kappa shape index (κ3) is 4.33. The number of nitrogens with two attached hydrogens (primary N) is 1. The van der Waals surface area contributed by atoms with Crippen LogP contribution < -0.4 is 11.1 Å². The monoisotopic (exact) mass is 286 g/mol. The van der Waals surface area contributed by atoms with E-state index in [1.165, 1.54) is 0 Å². The molecule has 3 nitrogen and oxygen atoms in total. The van der Waals surface area contributed by atoms with Crippen molar-refractivity contribution in [3.8, 4) is 0 Å². The average Bonchev–Trinajstić information content (AvgIpc) is 2.49. The molecule has 0 amide bonds. The van der Waals surface area contributed by atoms with Crippen LogP contribution in [0.5, 0.6) is 0 Å². The number of benzene rings is 2. The molecule has 2 aromatic carbocycles. The Labute approximate surface area is 124 Å². The summed E-state index contributed by atoms with van der Waals surface area (Å²) < 4.78 is 5.99. The molecular weight excluding hydrogens is 268 g/mol. The Balaban J connectivity index is 2.07. The van der Waals surface area contributed by atoms with Crippen molar-refractivity contribution in [3.63, 3.8) is 0 Å².